The molecule has 1 aliphatic carbocycles. The van der Waals surface area contributed by atoms with Crippen molar-refractivity contribution >= 4 is 17.5 Å². The summed E-state index contributed by atoms with van der Waals surface area (Å²) in [4.78, 5) is 15.5. The van der Waals surface area contributed by atoms with E-state index in [0.717, 1.165) is 75.2 Å². The van der Waals surface area contributed by atoms with Gasteiger partial charge in [0.15, 0.2) is 0 Å². The van der Waals surface area contributed by atoms with E-state index in [1.807, 2.05) is 24.3 Å². The highest BCUT2D eigenvalue weighted by atomic mass is 35.5. The van der Waals surface area contributed by atoms with Gasteiger partial charge in [0.05, 0.1) is 11.5 Å². The number of hydrogen-bond acceptors (Lipinski definition) is 3. The summed E-state index contributed by atoms with van der Waals surface area (Å²) in [5, 5.41) is 0.722. The number of carbonyl (C=O) groups excluding carboxylic acids is 1. The first-order valence-corrected chi connectivity index (χ1v) is 9.90. The maximum atomic E-state index is 13.4. The number of nitrogens with two attached hydrogens (primary N) is 1. The zero-order chi connectivity index (χ0) is 17.7. The van der Waals surface area contributed by atoms with Crippen LogP contribution in [0.5, 0.6) is 0 Å². The molecular formula is C20H29ClN2O2. The number of hydrogen-bond donors (Lipinski definition) is 1. The van der Waals surface area contributed by atoms with Gasteiger partial charge in [0.1, 0.15) is 0 Å². The largest absolute Gasteiger partial charge is 0.378 e. The van der Waals surface area contributed by atoms with Crippen molar-refractivity contribution < 1.29 is 9.53 Å². The molecular weight excluding hydrogens is 336 g/mol. The highest BCUT2D eigenvalue weighted by Crippen LogP contribution is 2.43. The van der Waals surface area contributed by atoms with Gasteiger partial charge in [-0.05, 0) is 56.3 Å². The van der Waals surface area contributed by atoms with Gasteiger partial charge in [-0.15, -0.1) is 0 Å². The highest BCUT2D eigenvalue weighted by molar-refractivity contribution is 6.30. The van der Waals surface area contributed by atoms with Crippen LogP contribution < -0.4 is 5.73 Å². The standard InChI is InChI=1S/C20H29ClN2O2/c21-17-6-4-16(5-7-17)20(10-1-2-11-20)19(24)23-13-8-18(9-14-23)25-15-3-12-22/h4-7,18H,1-3,8-15,22H2. The molecule has 0 aromatic heterocycles. The molecule has 1 saturated heterocycles. The Labute approximate surface area is 155 Å². The average molecular weight is 365 g/mol. The molecule has 1 aromatic carbocycles. The predicted octanol–water partition coefficient (Wildman–Crippen LogP) is 3.51. The molecule has 0 bridgehead atoms. The maximum Gasteiger partial charge on any atom is 0.233 e. The number of likely N-dealkylation sites (tertiary alicyclic amines) is 1. The fourth-order valence-electron chi connectivity index (χ4n) is 4.24. The summed E-state index contributed by atoms with van der Waals surface area (Å²) in [5.74, 6) is 0.299. The molecule has 4 nitrogen and oxygen atoms in total. The smallest absolute Gasteiger partial charge is 0.233 e. The van der Waals surface area contributed by atoms with Crippen molar-refractivity contribution in [2.45, 2.75) is 56.5 Å². The molecule has 0 unspecified atom stereocenters. The van der Waals surface area contributed by atoms with Gasteiger partial charge in [0.25, 0.3) is 0 Å². The second kappa shape index (κ2) is 8.52. The Morgan fingerprint density at radius 1 is 1.20 bits per heavy atom. The van der Waals surface area contributed by atoms with Crippen molar-refractivity contribution in [1.82, 2.24) is 4.90 Å². The van der Waals surface area contributed by atoms with E-state index in [-0.39, 0.29) is 11.5 Å². The lowest BCUT2D eigenvalue weighted by Gasteiger charge is -2.38. The van der Waals surface area contributed by atoms with E-state index in [0.29, 0.717) is 12.5 Å². The average Bonchev–Trinajstić information content (AvgIpc) is 3.13. The Balaban J connectivity index is 1.65. The quantitative estimate of drug-likeness (QED) is 0.786. The Morgan fingerprint density at radius 2 is 1.84 bits per heavy atom. The van der Waals surface area contributed by atoms with Crippen LogP contribution >= 0.6 is 11.6 Å². The number of halogens is 1. The third-order valence-corrected chi connectivity index (χ3v) is 5.95. The SMILES string of the molecule is NCCCOC1CCN(C(=O)C2(c3ccc(Cl)cc3)CCCC2)CC1. The number of amides is 1. The highest BCUT2D eigenvalue weighted by Gasteiger charge is 2.45. The lowest BCUT2D eigenvalue weighted by Crippen LogP contribution is -2.49. The zero-order valence-corrected chi connectivity index (χ0v) is 15.6. The van der Waals surface area contributed by atoms with Crippen LogP contribution in [-0.4, -0.2) is 43.2 Å². The van der Waals surface area contributed by atoms with Gasteiger partial charge in [-0.3, -0.25) is 4.79 Å². The second-order valence-corrected chi connectivity index (χ2v) is 7.74. The first kappa shape index (κ1) is 18.7. The van der Waals surface area contributed by atoms with Gasteiger partial charge in [-0.25, -0.2) is 0 Å². The van der Waals surface area contributed by atoms with Crippen LogP contribution in [0, 0.1) is 0 Å². The van der Waals surface area contributed by atoms with E-state index < -0.39 is 0 Å². The molecule has 25 heavy (non-hydrogen) atoms. The molecule has 2 N–H and O–H groups in total. The topological polar surface area (TPSA) is 55.6 Å². The molecule has 1 heterocycles. The molecule has 138 valence electrons. The second-order valence-electron chi connectivity index (χ2n) is 7.30. The predicted molar refractivity (Wildman–Crippen MR) is 101 cm³/mol. The summed E-state index contributed by atoms with van der Waals surface area (Å²) in [6.07, 6.45) is 7.14. The Morgan fingerprint density at radius 3 is 2.44 bits per heavy atom. The summed E-state index contributed by atoms with van der Waals surface area (Å²) in [6, 6.07) is 7.88. The van der Waals surface area contributed by atoms with E-state index in [1.54, 1.807) is 0 Å². The Kier molecular flexibility index (Phi) is 6.37. The summed E-state index contributed by atoms with van der Waals surface area (Å²) in [5.41, 5.74) is 6.29. The number of rotatable bonds is 6. The summed E-state index contributed by atoms with van der Waals surface area (Å²) < 4.78 is 5.87. The lowest BCUT2D eigenvalue weighted by molar-refractivity contribution is -0.140. The van der Waals surface area contributed by atoms with Crippen molar-refractivity contribution in [3.63, 3.8) is 0 Å². The van der Waals surface area contributed by atoms with Crippen molar-refractivity contribution in [1.29, 1.82) is 0 Å². The van der Waals surface area contributed by atoms with Crippen LogP contribution in [0.1, 0.15) is 50.5 Å². The van der Waals surface area contributed by atoms with Crippen LogP contribution in [-0.2, 0) is 14.9 Å². The molecule has 3 rings (SSSR count). The molecule has 1 aromatic rings. The minimum absolute atomic E-state index is 0.269. The van der Waals surface area contributed by atoms with Gasteiger partial charge in [-0.2, -0.15) is 0 Å². The minimum Gasteiger partial charge on any atom is -0.378 e. The van der Waals surface area contributed by atoms with Crippen molar-refractivity contribution in [3.05, 3.63) is 34.9 Å². The zero-order valence-electron chi connectivity index (χ0n) is 14.9. The van der Waals surface area contributed by atoms with E-state index in [1.165, 1.54) is 0 Å². The third-order valence-electron chi connectivity index (χ3n) is 5.69. The van der Waals surface area contributed by atoms with Crippen molar-refractivity contribution in [3.8, 4) is 0 Å². The van der Waals surface area contributed by atoms with Gasteiger partial charge in [0, 0.05) is 24.7 Å². The molecule has 0 radical (unpaired) electrons. The van der Waals surface area contributed by atoms with Gasteiger partial charge < -0.3 is 15.4 Å². The first-order chi connectivity index (χ1) is 12.2. The molecule has 5 heteroatoms. The Bertz CT molecular complexity index is 562. The third kappa shape index (κ3) is 4.18. The van der Waals surface area contributed by atoms with Gasteiger partial charge in [0.2, 0.25) is 5.91 Å². The van der Waals surface area contributed by atoms with Gasteiger partial charge in [-0.1, -0.05) is 36.6 Å². The van der Waals surface area contributed by atoms with E-state index in [9.17, 15) is 4.79 Å². The number of piperidine rings is 1. The normalized spacial score (nSPS) is 20.8. The van der Waals surface area contributed by atoms with Gasteiger partial charge >= 0.3 is 0 Å². The van der Waals surface area contributed by atoms with Crippen LogP contribution in [0.25, 0.3) is 0 Å². The summed E-state index contributed by atoms with van der Waals surface area (Å²) in [7, 11) is 0. The molecule has 1 amide bonds. The van der Waals surface area contributed by atoms with E-state index >= 15 is 0 Å². The fourth-order valence-corrected chi connectivity index (χ4v) is 4.36. The molecule has 1 saturated carbocycles. The Hall–Kier alpha value is -1.10. The minimum atomic E-state index is -0.349. The van der Waals surface area contributed by atoms with Crippen LogP contribution in [0.3, 0.4) is 0 Å². The fraction of sp³-hybridized carbons (Fsp3) is 0.650. The van der Waals surface area contributed by atoms with E-state index in [2.05, 4.69) is 4.90 Å². The van der Waals surface area contributed by atoms with Crippen LogP contribution in [0.4, 0.5) is 0 Å². The van der Waals surface area contributed by atoms with E-state index in [4.69, 9.17) is 22.1 Å². The van der Waals surface area contributed by atoms with Crippen LogP contribution in [0.2, 0.25) is 5.02 Å². The number of carbonyl (C=O) groups is 1. The monoisotopic (exact) mass is 364 g/mol. The maximum absolute atomic E-state index is 13.4. The molecule has 0 spiro atoms. The number of nitrogens with zero attached hydrogens (tertiary/aromatic N) is 1. The lowest BCUT2D eigenvalue weighted by atomic mass is 9.77. The molecule has 1 aliphatic heterocycles. The first-order valence-electron chi connectivity index (χ1n) is 9.53. The number of benzene rings is 1. The molecule has 2 aliphatic rings. The van der Waals surface area contributed by atoms with Crippen molar-refractivity contribution in [2.75, 3.05) is 26.2 Å². The molecule has 2 fully saturated rings. The number of ether oxygens (including phenoxy) is 1. The van der Waals surface area contributed by atoms with Crippen molar-refractivity contribution in [2.24, 2.45) is 5.73 Å². The van der Waals surface area contributed by atoms with Crippen LogP contribution in [0.15, 0.2) is 24.3 Å². The molecule has 0 atom stereocenters. The summed E-state index contributed by atoms with van der Waals surface area (Å²) >= 11 is 6.04. The summed E-state index contributed by atoms with van der Waals surface area (Å²) in [6.45, 7) is 2.98.